The third-order valence-electron chi connectivity index (χ3n) is 3.63. The summed E-state index contributed by atoms with van der Waals surface area (Å²) in [6.07, 6.45) is 1.16. The molecule has 0 amide bonds. The zero-order chi connectivity index (χ0) is 19.1. The summed E-state index contributed by atoms with van der Waals surface area (Å²) in [5, 5.41) is 0. The summed E-state index contributed by atoms with van der Waals surface area (Å²) >= 11 is 0. The summed E-state index contributed by atoms with van der Waals surface area (Å²) < 4.78 is 10.4. The van der Waals surface area contributed by atoms with Crippen LogP contribution in [0.15, 0.2) is 66.9 Å². The van der Waals surface area contributed by atoms with Gasteiger partial charge >= 0.3 is 11.9 Å². The van der Waals surface area contributed by atoms with Crippen molar-refractivity contribution in [3.63, 3.8) is 0 Å². The van der Waals surface area contributed by atoms with Gasteiger partial charge in [0.1, 0.15) is 13.2 Å². The molecule has 0 unspecified atom stereocenters. The van der Waals surface area contributed by atoms with Crippen molar-refractivity contribution < 1.29 is 19.1 Å². The van der Waals surface area contributed by atoms with Gasteiger partial charge in [0.2, 0.25) is 0 Å². The van der Waals surface area contributed by atoms with Gasteiger partial charge in [-0.1, -0.05) is 60.7 Å². The minimum absolute atomic E-state index is 0.0590. The quantitative estimate of drug-likeness (QED) is 0.671. The Morgan fingerprint density at radius 3 is 1.89 bits per heavy atom. The van der Waals surface area contributed by atoms with E-state index in [9.17, 15) is 9.59 Å². The van der Waals surface area contributed by atoms with Crippen molar-refractivity contribution in [3.05, 3.63) is 89.4 Å². The Labute approximate surface area is 155 Å². The number of hydrogen-bond donors (Lipinski definition) is 1. The first-order valence-electron chi connectivity index (χ1n) is 8.18. The second-order valence-electron chi connectivity index (χ2n) is 5.61. The van der Waals surface area contributed by atoms with Crippen LogP contribution in [0.3, 0.4) is 0 Å². The van der Waals surface area contributed by atoms with Crippen molar-refractivity contribution in [2.75, 3.05) is 5.73 Å². The lowest BCUT2D eigenvalue weighted by Gasteiger charge is -2.08. The molecule has 3 aromatic rings. The Bertz CT molecular complexity index is 930. The molecule has 0 bridgehead atoms. The molecule has 136 valence electrons. The zero-order valence-corrected chi connectivity index (χ0v) is 14.4. The number of carbonyl (C=O) groups excluding carboxylic acids is 2. The monoisotopic (exact) mass is 363 g/mol. The second-order valence-corrected chi connectivity index (χ2v) is 5.61. The highest BCUT2D eigenvalue weighted by molar-refractivity contribution is 5.94. The predicted molar refractivity (Wildman–Crippen MR) is 97.6 cm³/mol. The number of aromatic nitrogens is 2. The highest BCUT2D eigenvalue weighted by Gasteiger charge is 2.19. The molecule has 0 aliphatic carbocycles. The van der Waals surface area contributed by atoms with Gasteiger partial charge in [-0.25, -0.2) is 19.6 Å². The number of rotatable bonds is 6. The van der Waals surface area contributed by atoms with Gasteiger partial charge in [0.05, 0.1) is 6.20 Å². The first kappa shape index (κ1) is 18.1. The zero-order valence-electron chi connectivity index (χ0n) is 14.4. The summed E-state index contributed by atoms with van der Waals surface area (Å²) in [7, 11) is 0. The number of ether oxygens (including phenoxy) is 2. The van der Waals surface area contributed by atoms with Gasteiger partial charge in [0, 0.05) is 0 Å². The van der Waals surface area contributed by atoms with Crippen LogP contribution in [-0.4, -0.2) is 21.9 Å². The lowest BCUT2D eigenvalue weighted by molar-refractivity contribution is 0.0456. The van der Waals surface area contributed by atoms with E-state index < -0.39 is 11.9 Å². The van der Waals surface area contributed by atoms with Gasteiger partial charge in [-0.2, -0.15) is 0 Å². The van der Waals surface area contributed by atoms with Crippen molar-refractivity contribution in [3.8, 4) is 0 Å². The molecule has 0 radical (unpaired) electrons. The maximum absolute atomic E-state index is 12.2. The first-order valence-corrected chi connectivity index (χ1v) is 8.18. The van der Waals surface area contributed by atoms with Gasteiger partial charge in [0.15, 0.2) is 17.2 Å². The van der Waals surface area contributed by atoms with Crippen molar-refractivity contribution >= 4 is 17.8 Å². The maximum Gasteiger partial charge on any atom is 0.361 e. The Morgan fingerprint density at radius 1 is 0.815 bits per heavy atom. The number of anilines is 1. The number of esters is 2. The van der Waals surface area contributed by atoms with Crippen LogP contribution < -0.4 is 5.73 Å². The lowest BCUT2D eigenvalue weighted by Crippen LogP contribution is -2.16. The fourth-order valence-corrected chi connectivity index (χ4v) is 2.24. The Morgan fingerprint density at radius 2 is 1.33 bits per heavy atom. The molecule has 3 rings (SSSR count). The Hall–Kier alpha value is -3.74. The molecule has 0 saturated carbocycles. The molecular weight excluding hydrogens is 346 g/mol. The fraction of sp³-hybridized carbons (Fsp3) is 0.100. The number of nitrogens with two attached hydrogens (primary N) is 1. The van der Waals surface area contributed by atoms with Crippen LogP contribution >= 0.6 is 0 Å². The summed E-state index contributed by atoms with van der Waals surface area (Å²) in [6.45, 7) is 0.142. The summed E-state index contributed by atoms with van der Waals surface area (Å²) in [5.41, 5.74) is 7.00. The molecule has 0 atom stereocenters. The molecule has 0 aliphatic rings. The minimum Gasteiger partial charge on any atom is -0.456 e. The van der Waals surface area contributed by atoms with E-state index in [4.69, 9.17) is 15.2 Å². The molecule has 2 N–H and O–H groups in total. The summed E-state index contributed by atoms with van der Waals surface area (Å²) in [5.74, 6) is -1.59. The van der Waals surface area contributed by atoms with Gasteiger partial charge in [-0.15, -0.1) is 0 Å². The molecule has 0 spiro atoms. The normalized spacial score (nSPS) is 10.2. The molecule has 7 nitrogen and oxygen atoms in total. The van der Waals surface area contributed by atoms with Crippen molar-refractivity contribution in [2.45, 2.75) is 13.2 Å². The largest absolute Gasteiger partial charge is 0.456 e. The highest BCUT2D eigenvalue weighted by atomic mass is 16.5. The van der Waals surface area contributed by atoms with Gasteiger partial charge < -0.3 is 15.2 Å². The van der Waals surface area contributed by atoms with E-state index in [0.29, 0.717) is 0 Å². The third kappa shape index (κ3) is 4.88. The lowest BCUT2D eigenvalue weighted by atomic mass is 10.2. The second kappa shape index (κ2) is 8.57. The van der Waals surface area contributed by atoms with Crippen molar-refractivity contribution in [1.82, 2.24) is 9.97 Å². The molecule has 0 fully saturated rings. The van der Waals surface area contributed by atoms with Crippen molar-refractivity contribution in [1.29, 1.82) is 0 Å². The van der Waals surface area contributed by atoms with E-state index in [0.717, 1.165) is 17.3 Å². The predicted octanol–water partition coefficient (Wildman–Crippen LogP) is 2.77. The third-order valence-corrected chi connectivity index (χ3v) is 3.63. The van der Waals surface area contributed by atoms with Crippen molar-refractivity contribution in [2.24, 2.45) is 0 Å². The van der Waals surface area contributed by atoms with E-state index in [-0.39, 0.29) is 30.4 Å². The first-order chi connectivity index (χ1) is 13.1. The van der Waals surface area contributed by atoms with Gasteiger partial charge in [-0.05, 0) is 11.1 Å². The maximum atomic E-state index is 12.2. The van der Waals surface area contributed by atoms with Crippen LogP contribution in [0.2, 0.25) is 0 Å². The molecule has 7 heteroatoms. The molecule has 1 heterocycles. The van der Waals surface area contributed by atoms with E-state index >= 15 is 0 Å². The van der Waals surface area contributed by atoms with Gasteiger partial charge in [0.25, 0.3) is 0 Å². The van der Waals surface area contributed by atoms with E-state index in [1.807, 2.05) is 60.7 Å². The van der Waals surface area contributed by atoms with Gasteiger partial charge in [-0.3, -0.25) is 0 Å². The van der Waals surface area contributed by atoms with Crippen LogP contribution in [0.25, 0.3) is 0 Å². The number of carbonyl (C=O) groups is 2. The fourth-order valence-electron chi connectivity index (χ4n) is 2.24. The summed E-state index contributed by atoms with van der Waals surface area (Å²) in [6, 6.07) is 18.4. The average molecular weight is 363 g/mol. The van der Waals surface area contributed by atoms with Crippen LogP contribution in [0.5, 0.6) is 0 Å². The molecule has 0 saturated heterocycles. The molecular formula is C20H17N3O4. The average Bonchev–Trinajstić information content (AvgIpc) is 2.72. The molecule has 2 aromatic carbocycles. The van der Waals surface area contributed by atoms with Crippen LogP contribution in [0, 0.1) is 0 Å². The Balaban J connectivity index is 1.66. The van der Waals surface area contributed by atoms with E-state index in [2.05, 4.69) is 9.97 Å². The molecule has 27 heavy (non-hydrogen) atoms. The molecule has 0 aliphatic heterocycles. The van der Waals surface area contributed by atoms with Crippen LogP contribution in [0.4, 0.5) is 5.82 Å². The van der Waals surface area contributed by atoms with Crippen LogP contribution in [0.1, 0.15) is 32.1 Å². The highest BCUT2D eigenvalue weighted by Crippen LogP contribution is 2.11. The minimum atomic E-state index is -0.762. The van der Waals surface area contributed by atoms with Crippen LogP contribution in [-0.2, 0) is 22.7 Å². The van der Waals surface area contributed by atoms with E-state index in [1.165, 1.54) is 0 Å². The molecule has 1 aromatic heterocycles. The Kier molecular flexibility index (Phi) is 5.73. The standard InChI is InChI=1S/C20H17N3O4/c21-18-17(20(25)27-13-15-9-5-2-6-10-15)23-16(11-22-18)19(24)26-12-14-7-3-1-4-8-14/h1-11H,12-13H2,(H2,21,22). The SMILES string of the molecule is Nc1ncc(C(=O)OCc2ccccc2)nc1C(=O)OCc1ccccc1. The number of nitrogens with zero attached hydrogens (tertiary/aromatic N) is 2. The van der Waals surface area contributed by atoms with E-state index in [1.54, 1.807) is 0 Å². The number of hydrogen-bond acceptors (Lipinski definition) is 7. The number of benzene rings is 2. The smallest absolute Gasteiger partial charge is 0.361 e. The number of nitrogen functional groups attached to an aromatic ring is 1. The summed E-state index contributed by atoms with van der Waals surface area (Å²) in [4.78, 5) is 32.2. The topological polar surface area (TPSA) is 104 Å².